The molecule has 0 radical (unpaired) electrons. The van der Waals surface area contributed by atoms with Gasteiger partial charge in [-0.2, -0.15) is 0 Å². The number of hydrogen-bond acceptors (Lipinski definition) is 11. The van der Waals surface area contributed by atoms with Crippen molar-refractivity contribution < 1.29 is 13.2 Å². The van der Waals surface area contributed by atoms with Gasteiger partial charge in [-0.25, -0.2) is 33.3 Å². The van der Waals surface area contributed by atoms with Crippen molar-refractivity contribution in [2.24, 2.45) is 5.92 Å². The lowest BCUT2D eigenvalue weighted by Gasteiger charge is -2.14. The van der Waals surface area contributed by atoms with Crippen LogP contribution in [0.5, 0.6) is 5.88 Å². The third-order valence-corrected chi connectivity index (χ3v) is 7.81. The van der Waals surface area contributed by atoms with Crippen LogP contribution in [0.15, 0.2) is 40.5 Å². The highest BCUT2D eigenvalue weighted by Crippen LogP contribution is 2.44. The van der Waals surface area contributed by atoms with E-state index in [4.69, 9.17) is 9.72 Å². The van der Waals surface area contributed by atoms with Crippen LogP contribution in [0.25, 0.3) is 22.6 Å². The molecule has 13 heteroatoms. The maximum Gasteiger partial charge on any atom is 0.294 e. The van der Waals surface area contributed by atoms with Crippen LogP contribution in [0.1, 0.15) is 43.0 Å². The molecule has 2 aliphatic carbocycles. The number of hydrogen-bond donors (Lipinski definition) is 1. The minimum absolute atomic E-state index is 0.134. The van der Waals surface area contributed by atoms with Crippen molar-refractivity contribution in [2.75, 3.05) is 18.7 Å². The lowest BCUT2D eigenvalue weighted by atomic mass is 10.1. The van der Waals surface area contributed by atoms with Crippen LogP contribution in [0.2, 0.25) is 0 Å². The number of rotatable bonds is 9. The SMILES string of the molecule is COc1ncnc(C2CC2)c1-c1ncc2nc(NCc3ccc(S(C)(=O)=O)cn3)c(=O)n(CC3CC3)c2n1. The van der Waals surface area contributed by atoms with Gasteiger partial charge in [-0.1, -0.05) is 0 Å². The van der Waals surface area contributed by atoms with Gasteiger partial charge in [0.15, 0.2) is 27.1 Å². The second-order valence-electron chi connectivity index (χ2n) is 9.75. The molecular formula is C25H26N8O4S. The van der Waals surface area contributed by atoms with Gasteiger partial charge in [0, 0.05) is 24.9 Å². The van der Waals surface area contributed by atoms with Crippen LogP contribution < -0.4 is 15.6 Å². The first-order chi connectivity index (χ1) is 18.3. The van der Waals surface area contributed by atoms with Crippen molar-refractivity contribution >= 4 is 26.8 Å². The Kier molecular flexibility index (Phi) is 6.01. The van der Waals surface area contributed by atoms with E-state index in [0.717, 1.165) is 37.6 Å². The van der Waals surface area contributed by atoms with E-state index < -0.39 is 9.84 Å². The molecule has 0 saturated heterocycles. The molecule has 12 nitrogen and oxygen atoms in total. The quantitative estimate of drug-likeness (QED) is 0.336. The molecule has 0 atom stereocenters. The Morgan fingerprint density at radius 3 is 2.53 bits per heavy atom. The predicted octanol–water partition coefficient (Wildman–Crippen LogP) is 2.35. The molecule has 38 heavy (non-hydrogen) atoms. The molecule has 0 bridgehead atoms. The van der Waals surface area contributed by atoms with Crippen LogP contribution in [-0.2, 0) is 22.9 Å². The Morgan fingerprint density at radius 2 is 1.87 bits per heavy atom. The molecule has 2 saturated carbocycles. The van der Waals surface area contributed by atoms with E-state index in [-0.39, 0.29) is 22.8 Å². The van der Waals surface area contributed by atoms with Crippen LogP contribution in [-0.4, -0.2) is 56.3 Å². The first-order valence-electron chi connectivity index (χ1n) is 12.4. The molecule has 2 fully saturated rings. The largest absolute Gasteiger partial charge is 0.480 e. The Balaban J connectivity index is 1.38. The average Bonchev–Trinajstić information content (AvgIpc) is 3.83. The van der Waals surface area contributed by atoms with Crippen LogP contribution in [0.3, 0.4) is 0 Å². The number of anilines is 1. The van der Waals surface area contributed by atoms with E-state index in [1.54, 1.807) is 23.9 Å². The summed E-state index contributed by atoms with van der Waals surface area (Å²) in [5.41, 5.74) is 2.70. The predicted molar refractivity (Wildman–Crippen MR) is 139 cm³/mol. The van der Waals surface area contributed by atoms with Crippen LogP contribution >= 0.6 is 0 Å². The number of methoxy groups -OCH3 is 1. The molecular weight excluding hydrogens is 508 g/mol. The molecule has 0 aromatic carbocycles. The molecule has 0 aliphatic heterocycles. The van der Waals surface area contributed by atoms with Gasteiger partial charge in [-0.15, -0.1) is 0 Å². The monoisotopic (exact) mass is 534 g/mol. The Morgan fingerprint density at radius 1 is 1.05 bits per heavy atom. The number of nitrogens with one attached hydrogen (secondary N) is 1. The highest BCUT2D eigenvalue weighted by atomic mass is 32.2. The summed E-state index contributed by atoms with van der Waals surface area (Å²) in [6.07, 6.45) is 9.71. The molecule has 196 valence electrons. The fourth-order valence-corrected chi connectivity index (χ4v) is 4.88. The zero-order valence-electron chi connectivity index (χ0n) is 21.0. The molecule has 2 aliphatic rings. The van der Waals surface area contributed by atoms with E-state index in [1.165, 1.54) is 18.6 Å². The zero-order valence-corrected chi connectivity index (χ0v) is 21.8. The standard InChI is InChI=1S/C25H26N8O4S/c1-37-24-19(20(15-5-6-15)29-13-30-24)21-28-11-18-23(32-21)33(12-14-3-4-14)25(34)22(31-18)27-9-16-7-8-17(10-26-16)38(2,35)36/h7-8,10-11,13-15H,3-6,9,12H2,1-2H3,(H,27,31). The number of ether oxygens (including phenoxy) is 1. The molecule has 0 spiro atoms. The summed E-state index contributed by atoms with van der Waals surface area (Å²) in [5, 5.41) is 3.06. The second-order valence-corrected chi connectivity index (χ2v) is 11.8. The van der Waals surface area contributed by atoms with Crippen molar-refractivity contribution in [3.05, 3.63) is 52.6 Å². The molecule has 4 heterocycles. The van der Waals surface area contributed by atoms with E-state index in [2.05, 4.69) is 30.2 Å². The number of aromatic nitrogens is 7. The molecule has 1 N–H and O–H groups in total. The van der Waals surface area contributed by atoms with Gasteiger partial charge in [0.25, 0.3) is 5.56 Å². The second kappa shape index (κ2) is 9.39. The lowest BCUT2D eigenvalue weighted by Crippen LogP contribution is -2.27. The number of fused-ring (bicyclic) bond motifs is 1. The summed E-state index contributed by atoms with van der Waals surface area (Å²) in [4.78, 5) is 40.5. The first-order valence-corrected chi connectivity index (χ1v) is 14.3. The van der Waals surface area contributed by atoms with E-state index in [0.29, 0.717) is 52.5 Å². The third kappa shape index (κ3) is 4.80. The molecule has 4 aromatic rings. The summed E-state index contributed by atoms with van der Waals surface area (Å²) in [6, 6.07) is 3.10. The van der Waals surface area contributed by atoms with Gasteiger partial charge in [-0.05, 0) is 43.7 Å². The number of sulfone groups is 1. The maximum absolute atomic E-state index is 13.5. The van der Waals surface area contributed by atoms with Gasteiger partial charge in [0.2, 0.25) is 5.88 Å². The Bertz CT molecular complexity index is 1700. The fourth-order valence-electron chi connectivity index (χ4n) is 4.32. The van der Waals surface area contributed by atoms with Crippen molar-refractivity contribution in [1.29, 1.82) is 0 Å². The molecule has 6 rings (SSSR count). The third-order valence-electron chi connectivity index (χ3n) is 6.71. The van der Waals surface area contributed by atoms with Gasteiger partial charge >= 0.3 is 0 Å². The van der Waals surface area contributed by atoms with Crippen LogP contribution in [0, 0.1) is 5.92 Å². The van der Waals surface area contributed by atoms with E-state index in [9.17, 15) is 13.2 Å². The van der Waals surface area contributed by atoms with Gasteiger partial charge in [0.05, 0.1) is 36.1 Å². The summed E-state index contributed by atoms with van der Waals surface area (Å²) in [6.45, 7) is 0.728. The number of nitrogens with zero attached hydrogens (tertiary/aromatic N) is 7. The maximum atomic E-state index is 13.5. The van der Waals surface area contributed by atoms with Crippen LogP contribution in [0.4, 0.5) is 5.82 Å². The number of pyridine rings is 1. The van der Waals surface area contributed by atoms with E-state index >= 15 is 0 Å². The van der Waals surface area contributed by atoms with Crippen molar-refractivity contribution in [2.45, 2.75) is 49.6 Å². The summed E-state index contributed by atoms with van der Waals surface area (Å²) >= 11 is 0. The first kappa shape index (κ1) is 24.3. The Hall–Kier alpha value is -4.00. The normalized spacial score (nSPS) is 15.5. The molecule has 4 aromatic heterocycles. The fraction of sp³-hybridized carbons (Fsp3) is 0.400. The highest BCUT2D eigenvalue weighted by molar-refractivity contribution is 7.90. The Labute approximate surface area is 218 Å². The molecule has 0 unspecified atom stereocenters. The summed E-state index contributed by atoms with van der Waals surface area (Å²) in [7, 11) is -1.79. The van der Waals surface area contributed by atoms with Gasteiger partial charge < -0.3 is 10.1 Å². The lowest BCUT2D eigenvalue weighted by molar-refractivity contribution is 0.397. The summed E-state index contributed by atoms with van der Waals surface area (Å²) in [5.74, 6) is 1.69. The van der Waals surface area contributed by atoms with Gasteiger partial charge in [-0.3, -0.25) is 14.3 Å². The minimum atomic E-state index is -3.34. The van der Waals surface area contributed by atoms with Crippen molar-refractivity contribution in [3.8, 4) is 17.3 Å². The average molecular weight is 535 g/mol. The van der Waals surface area contributed by atoms with Crippen molar-refractivity contribution in [1.82, 2.24) is 34.5 Å². The highest BCUT2D eigenvalue weighted by Gasteiger charge is 2.32. The van der Waals surface area contributed by atoms with Crippen molar-refractivity contribution in [3.63, 3.8) is 0 Å². The topological polar surface area (TPSA) is 155 Å². The molecule has 0 amide bonds. The van der Waals surface area contributed by atoms with Gasteiger partial charge in [0.1, 0.15) is 17.4 Å². The summed E-state index contributed by atoms with van der Waals surface area (Å²) < 4.78 is 30.6. The minimum Gasteiger partial charge on any atom is -0.480 e. The smallest absolute Gasteiger partial charge is 0.294 e. The van der Waals surface area contributed by atoms with E-state index in [1.807, 2.05) is 0 Å². The zero-order chi connectivity index (χ0) is 26.4.